The summed E-state index contributed by atoms with van der Waals surface area (Å²) in [6.07, 6.45) is -5.99. The zero-order valence-corrected chi connectivity index (χ0v) is 15.9. The first-order valence-corrected chi connectivity index (χ1v) is 8.81. The maximum atomic E-state index is 13.4. The van der Waals surface area contributed by atoms with Crippen molar-refractivity contribution in [2.24, 2.45) is 0 Å². The molecule has 0 saturated heterocycles. The first kappa shape index (κ1) is 21.3. The van der Waals surface area contributed by atoms with E-state index in [0.717, 1.165) is 0 Å². The van der Waals surface area contributed by atoms with Gasteiger partial charge in [-0.25, -0.2) is 15.0 Å². The molecule has 166 valence electrons. The summed E-state index contributed by atoms with van der Waals surface area (Å²) < 4.78 is 81.3. The Kier molecular flexibility index (Phi) is 5.10. The number of hydrogen-bond acceptors (Lipinski definition) is 8. The number of nitrogens with zero attached hydrogens (tertiary/aromatic N) is 8. The molecule has 3 heterocycles. The van der Waals surface area contributed by atoms with Crippen LogP contribution in [0.25, 0.3) is 16.9 Å². The van der Waals surface area contributed by atoms with Crippen LogP contribution in [0.5, 0.6) is 0 Å². The van der Waals surface area contributed by atoms with Gasteiger partial charge in [0.15, 0.2) is 11.6 Å². The molecule has 0 radical (unpaired) electrons. The van der Waals surface area contributed by atoms with Crippen molar-refractivity contribution in [3.63, 3.8) is 0 Å². The molecule has 32 heavy (non-hydrogen) atoms. The molecule has 4 rings (SSSR count). The highest BCUT2D eigenvalue weighted by molar-refractivity contribution is 5.91. The largest absolute Gasteiger partial charge is 0.418 e. The van der Waals surface area contributed by atoms with E-state index in [0.29, 0.717) is 6.07 Å². The maximum Gasteiger partial charge on any atom is 0.418 e. The standard InChI is InChI=1S/C17H11F6N9/c1-8(14-26-7-27-32(14)15-24-3-2-4-25-15)28-13-10-5-9(16(18,19)20)6-11(17(21,22)23)12(10)29-31-30-13/h2-8H,1H3,(H,28,29,30)/t8-/m0/s1. The third kappa shape index (κ3) is 4.00. The Balaban J connectivity index is 1.80. The first-order valence-electron chi connectivity index (χ1n) is 8.81. The van der Waals surface area contributed by atoms with Crippen LogP contribution in [0.15, 0.2) is 36.9 Å². The van der Waals surface area contributed by atoms with Crippen molar-refractivity contribution in [3.8, 4) is 5.95 Å². The Morgan fingerprint density at radius 2 is 1.66 bits per heavy atom. The SMILES string of the molecule is C[C@H](Nc1nnnc2c(C(F)(F)F)cc(C(F)(F)F)cc12)c1ncnn1-c1ncccn1. The van der Waals surface area contributed by atoms with Crippen molar-refractivity contribution in [2.75, 3.05) is 5.32 Å². The molecule has 0 aliphatic heterocycles. The monoisotopic (exact) mass is 455 g/mol. The van der Waals surface area contributed by atoms with Crippen LogP contribution >= 0.6 is 0 Å². The first-order chi connectivity index (χ1) is 15.1. The molecule has 0 aliphatic rings. The molecule has 4 aromatic rings. The van der Waals surface area contributed by atoms with Gasteiger partial charge in [0.25, 0.3) is 5.95 Å². The van der Waals surface area contributed by atoms with Gasteiger partial charge in [-0.3, -0.25) is 0 Å². The van der Waals surface area contributed by atoms with E-state index in [9.17, 15) is 26.3 Å². The molecule has 3 aromatic heterocycles. The van der Waals surface area contributed by atoms with Gasteiger partial charge in [0, 0.05) is 17.8 Å². The number of hydrogen-bond donors (Lipinski definition) is 1. The van der Waals surface area contributed by atoms with Crippen molar-refractivity contribution in [1.82, 2.24) is 40.1 Å². The molecular formula is C17H11F6N9. The van der Waals surface area contributed by atoms with Crippen molar-refractivity contribution in [3.05, 3.63) is 53.9 Å². The van der Waals surface area contributed by atoms with Crippen molar-refractivity contribution < 1.29 is 26.3 Å². The summed E-state index contributed by atoms with van der Waals surface area (Å²) in [4.78, 5) is 12.1. The highest BCUT2D eigenvalue weighted by Crippen LogP contribution is 2.40. The van der Waals surface area contributed by atoms with Gasteiger partial charge in [-0.05, 0) is 30.3 Å². The van der Waals surface area contributed by atoms with Gasteiger partial charge >= 0.3 is 12.4 Å². The molecule has 1 N–H and O–H groups in total. The van der Waals surface area contributed by atoms with Gasteiger partial charge in [-0.2, -0.15) is 36.1 Å². The van der Waals surface area contributed by atoms with Crippen molar-refractivity contribution in [1.29, 1.82) is 0 Å². The second-order valence-electron chi connectivity index (χ2n) is 6.50. The van der Waals surface area contributed by atoms with Crippen LogP contribution in [0.3, 0.4) is 0 Å². The summed E-state index contributed by atoms with van der Waals surface area (Å²) in [5, 5.41) is 16.4. The van der Waals surface area contributed by atoms with Crippen molar-refractivity contribution in [2.45, 2.75) is 25.3 Å². The number of halogens is 6. The van der Waals surface area contributed by atoms with E-state index < -0.39 is 40.4 Å². The Hall–Kier alpha value is -3.91. The summed E-state index contributed by atoms with van der Waals surface area (Å²) in [7, 11) is 0. The van der Waals surface area contributed by atoms with Gasteiger partial charge in [0.2, 0.25) is 0 Å². The molecule has 9 nitrogen and oxygen atoms in total. The molecule has 0 saturated carbocycles. The quantitative estimate of drug-likeness (QED) is 0.465. The van der Waals surface area contributed by atoms with Gasteiger partial charge < -0.3 is 5.32 Å². The fraction of sp³-hybridized carbons (Fsp3) is 0.235. The van der Waals surface area contributed by atoms with Crippen LogP contribution in [-0.2, 0) is 12.4 Å². The number of benzene rings is 1. The molecule has 0 fully saturated rings. The number of nitrogens with one attached hydrogen (secondary N) is 1. The Bertz CT molecular complexity index is 1250. The van der Waals surface area contributed by atoms with E-state index in [1.54, 1.807) is 13.0 Å². The van der Waals surface area contributed by atoms with E-state index in [-0.39, 0.29) is 23.7 Å². The highest BCUT2D eigenvalue weighted by atomic mass is 19.4. The number of aromatic nitrogens is 8. The molecule has 0 amide bonds. The summed E-state index contributed by atoms with van der Waals surface area (Å²) in [5.74, 6) is 0.0478. The maximum absolute atomic E-state index is 13.4. The fourth-order valence-corrected chi connectivity index (χ4v) is 2.94. The number of rotatable bonds is 4. The topological polar surface area (TPSA) is 107 Å². The van der Waals surface area contributed by atoms with Crippen LogP contribution in [0.2, 0.25) is 0 Å². The molecule has 0 aliphatic carbocycles. The van der Waals surface area contributed by atoms with Gasteiger partial charge in [0.05, 0.1) is 17.2 Å². The smallest absolute Gasteiger partial charge is 0.358 e. The Labute approximate surface area is 174 Å². The molecule has 0 spiro atoms. The molecule has 15 heteroatoms. The number of fused-ring (bicyclic) bond motifs is 1. The van der Waals surface area contributed by atoms with Gasteiger partial charge in [0.1, 0.15) is 11.8 Å². The minimum atomic E-state index is -5.09. The van der Waals surface area contributed by atoms with Crippen molar-refractivity contribution >= 4 is 16.7 Å². The zero-order chi connectivity index (χ0) is 23.1. The lowest BCUT2D eigenvalue weighted by molar-refractivity contribution is -0.142. The van der Waals surface area contributed by atoms with E-state index in [2.05, 4.69) is 40.8 Å². The third-order valence-electron chi connectivity index (χ3n) is 4.34. The highest BCUT2D eigenvalue weighted by Gasteiger charge is 2.39. The second-order valence-corrected chi connectivity index (χ2v) is 6.50. The van der Waals surface area contributed by atoms with E-state index in [4.69, 9.17) is 0 Å². The normalized spacial score (nSPS) is 13.3. The molecule has 0 unspecified atom stereocenters. The second kappa shape index (κ2) is 7.65. The van der Waals surface area contributed by atoms with Crippen LogP contribution < -0.4 is 5.32 Å². The molecule has 1 aromatic carbocycles. The molecular weight excluding hydrogens is 444 g/mol. The lowest BCUT2D eigenvalue weighted by Crippen LogP contribution is -2.17. The lowest BCUT2D eigenvalue weighted by Gasteiger charge is -2.17. The Morgan fingerprint density at radius 3 is 2.31 bits per heavy atom. The van der Waals surface area contributed by atoms with E-state index >= 15 is 0 Å². The fourth-order valence-electron chi connectivity index (χ4n) is 2.94. The summed E-state index contributed by atoms with van der Waals surface area (Å²) >= 11 is 0. The number of anilines is 1. The van der Waals surface area contributed by atoms with Crippen LogP contribution in [0.4, 0.5) is 32.2 Å². The van der Waals surface area contributed by atoms with Crippen LogP contribution in [0.1, 0.15) is 29.9 Å². The third-order valence-corrected chi connectivity index (χ3v) is 4.34. The Morgan fingerprint density at radius 1 is 0.938 bits per heavy atom. The van der Waals surface area contributed by atoms with E-state index in [1.165, 1.54) is 23.4 Å². The zero-order valence-electron chi connectivity index (χ0n) is 15.9. The molecule has 0 bridgehead atoms. The predicted octanol–water partition coefficient (Wildman–Crippen LogP) is 3.61. The van der Waals surface area contributed by atoms with Crippen LogP contribution in [0, 0.1) is 0 Å². The lowest BCUT2D eigenvalue weighted by atomic mass is 10.0. The summed E-state index contributed by atoms with van der Waals surface area (Å²) in [6.45, 7) is 1.55. The van der Waals surface area contributed by atoms with Gasteiger partial charge in [-0.1, -0.05) is 0 Å². The number of alkyl halides is 6. The molecule has 1 atom stereocenters. The summed E-state index contributed by atoms with van der Waals surface area (Å²) in [6, 6.07) is 1.32. The average Bonchev–Trinajstić information content (AvgIpc) is 3.22. The van der Waals surface area contributed by atoms with E-state index in [1.807, 2.05) is 0 Å². The predicted molar refractivity (Wildman–Crippen MR) is 96.3 cm³/mol. The summed E-state index contributed by atoms with van der Waals surface area (Å²) in [5.41, 5.74) is -3.85. The van der Waals surface area contributed by atoms with Gasteiger partial charge in [-0.15, -0.1) is 10.2 Å². The minimum absolute atomic E-state index is 0.00636. The van der Waals surface area contributed by atoms with Crippen LogP contribution in [-0.4, -0.2) is 40.1 Å². The average molecular weight is 455 g/mol. The minimum Gasteiger partial charge on any atom is -0.358 e.